The molecule has 4 bridgehead atoms. The average Bonchev–Trinajstić information content (AvgIpc) is 2.55. The maximum atomic E-state index is 13.0. The van der Waals surface area contributed by atoms with Crippen molar-refractivity contribution >= 4 is 23.7 Å². The monoisotopic (exact) mass is 426 g/mol. The van der Waals surface area contributed by atoms with Gasteiger partial charge in [0, 0.05) is 9.79 Å². The SMILES string of the molecule is Cc1cc2cc(C(C)(C)C)c1C(C(=O)O)(C(=O)O)c1c(C)cc(cc1C(C)(C)C)S2. The van der Waals surface area contributed by atoms with Gasteiger partial charge in [-0.15, -0.1) is 0 Å². The zero-order valence-electron chi connectivity index (χ0n) is 18.9. The number of rotatable bonds is 2. The van der Waals surface area contributed by atoms with Crippen LogP contribution in [-0.2, 0) is 25.8 Å². The standard InChI is InChI=1S/C25H30O4S/c1-13-9-15-11-17(23(3,4)5)19(13)25(21(26)27,22(28)29)20-14(2)10-16(30-15)12-18(20)24(6,7)8/h9-12H,1-8H3,(H,26,27)(H,28,29). The van der Waals surface area contributed by atoms with Crippen molar-refractivity contribution in [2.24, 2.45) is 0 Å². The van der Waals surface area contributed by atoms with E-state index in [0.29, 0.717) is 22.3 Å². The smallest absolute Gasteiger partial charge is 0.330 e. The molecular weight excluding hydrogens is 396 g/mol. The average molecular weight is 427 g/mol. The number of carboxylic acids is 2. The molecule has 0 spiro atoms. The molecular formula is C25H30O4S. The van der Waals surface area contributed by atoms with Gasteiger partial charge in [0.1, 0.15) is 0 Å². The molecule has 4 heterocycles. The normalized spacial score (nSPS) is 15.3. The van der Waals surface area contributed by atoms with E-state index in [0.717, 1.165) is 20.9 Å². The van der Waals surface area contributed by atoms with Crippen LogP contribution in [0.15, 0.2) is 34.1 Å². The zero-order valence-corrected chi connectivity index (χ0v) is 19.7. The fourth-order valence-corrected chi connectivity index (χ4v) is 5.68. The van der Waals surface area contributed by atoms with Crippen molar-refractivity contribution < 1.29 is 19.8 Å². The lowest BCUT2D eigenvalue weighted by Crippen LogP contribution is -2.49. The predicted molar refractivity (Wildman–Crippen MR) is 120 cm³/mol. The van der Waals surface area contributed by atoms with Crippen LogP contribution in [0.4, 0.5) is 0 Å². The highest BCUT2D eigenvalue weighted by Crippen LogP contribution is 2.50. The third kappa shape index (κ3) is 3.24. The Balaban J connectivity index is 2.71. The molecule has 4 aliphatic rings. The van der Waals surface area contributed by atoms with Crippen LogP contribution in [-0.4, -0.2) is 22.2 Å². The molecule has 30 heavy (non-hydrogen) atoms. The Labute approximate surface area is 182 Å². The first-order chi connectivity index (χ1) is 13.6. The van der Waals surface area contributed by atoms with Crippen LogP contribution in [0.3, 0.4) is 0 Å². The number of carbonyl (C=O) groups is 2. The van der Waals surface area contributed by atoms with E-state index in [1.54, 1.807) is 11.8 Å². The molecule has 0 saturated carbocycles. The third-order valence-corrected chi connectivity index (χ3v) is 6.80. The summed E-state index contributed by atoms with van der Waals surface area (Å²) in [5.74, 6) is -2.71. The van der Waals surface area contributed by atoms with Gasteiger partial charge in [-0.2, -0.15) is 0 Å². The molecule has 4 aliphatic heterocycles. The first kappa shape index (κ1) is 22.4. The number of carboxylic acid groups (broad SMARTS) is 2. The Morgan fingerprint density at radius 3 is 1.33 bits per heavy atom. The summed E-state index contributed by atoms with van der Waals surface area (Å²) in [4.78, 5) is 28.1. The molecule has 0 saturated heterocycles. The molecule has 0 atom stereocenters. The highest BCUT2D eigenvalue weighted by molar-refractivity contribution is 7.99. The second-order valence-corrected chi connectivity index (χ2v) is 11.4. The van der Waals surface area contributed by atoms with E-state index in [-0.39, 0.29) is 0 Å². The van der Waals surface area contributed by atoms with Crippen molar-refractivity contribution in [3.63, 3.8) is 0 Å². The van der Waals surface area contributed by atoms with Crippen LogP contribution in [0.2, 0.25) is 0 Å². The molecule has 6 rings (SSSR count). The zero-order chi connectivity index (χ0) is 22.8. The van der Waals surface area contributed by atoms with Crippen molar-refractivity contribution in [1.29, 1.82) is 0 Å². The first-order valence-electron chi connectivity index (χ1n) is 10.1. The maximum absolute atomic E-state index is 13.0. The number of aliphatic carboxylic acids is 2. The second-order valence-electron chi connectivity index (χ2n) is 10.3. The number of aryl methyl sites for hydroxylation is 2. The number of benzene rings is 2. The summed E-state index contributed by atoms with van der Waals surface area (Å²) in [7, 11) is 0. The molecule has 160 valence electrons. The molecule has 0 amide bonds. The van der Waals surface area contributed by atoms with Crippen molar-refractivity contribution in [3.05, 3.63) is 57.6 Å². The molecule has 0 unspecified atom stereocenters. The van der Waals surface area contributed by atoms with Gasteiger partial charge in [-0.25, -0.2) is 0 Å². The molecule has 4 nitrogen and oxygen atoms in total. The largest absolute Gasteiger partial charge is 0.480 e. The lowest BCUT2D eigenvalue weighted by atomic mass is 9.63. The first-order valence-corrected chi connectivity index (χ1v) is 10.9. The van der Waals surface area contributed by atoms with Crippen LogP contribution in [0.1, 0.15) is 74.9 Å². The van der Waals surface area contributed by atoms with Gasteiger partial charge in [-0.3, -0.25) is 9.59 Å². The maximum Gasteiger partial charge on any atom is 0.330 e. The van der Waals surface area contributed by atoms with E-state index in [1.165, 1.54) is 0 Å². The van der Waals surface area contributed by atoms with Gasteiger partial charge >= 0.3 is 11.9 Å². The quantitative estimate of drug-likeness (QED) is 0.592. The molecule has 2 N–H and O–H groups in total. The molecule has 0 aliphatic carbocycles. The molecule has 2 aromatic rings. The highest BCUT2D eigenvalue weighted by Gasteiger charge is 2.55. The van der Waals surface area contributed by atoms with Crippen LogP contribution < -0.4 is 0 Å². The Kier molecular flexibility index (Phi) is 5.14. The van der Waals surface area contributed by atoms with Gasteiger partial charge in [0.05, 0.1) is 0 Å². The summed E-state index contributed by atoms with van der Waals surface area (Å²) in [6.45, 7) is 15.7. The Morgan fingerprint density at radius 2 is 1.07 bits per heavy atom. The van der Waals surface area contributed by atoms with E-state index in [2.05, 4.69) is 0 Å². The number of hydrogen-bond acceptors (Lipinski definition) is 3. The van der Waals surface area contributed by atoms with Crippen molar-refractivity contribution in [1.82, 2.24) is 0 Å². The van der Waals surface area contributed by atoms with E-state index in [9.17, 15) is 19.8 Å². The van der Waals surface area contributed by atoms with Crippen LogP contribution >= 0.6 is 11.8 Å². The van der Waals surface area contributed by atoms with Crippen LogP contribution in [0.25, 0.3) is 0 Å². The van der Waals surface area contributed by atoms with Crippen LogP contribution in [0.5, 0.6) is 0 Å². The Morgan fingerprint density at radius 1 is 0.733 bits per heavy atom. The summed E-state index contributed by atoms with van der Waals surface area (Å²) in [5.41, 5.74) is 0.601. The van der Waals surface area contributed by atoms with Crippen molar-refractivity contribution in [3.8, 4) is 0 Å². The summed E-state index contributed by atoms with van der Waals surface area (Å²) in [6.07, 6.45) is 0. The van der Waals surface area contributed by atoms with Gasteiger partial charge in [0.2, 0.25) is 5.41 Å². The summed E-state index contributed by atoms with van der Waals surface area (Å²) < 4.78 is 0. The van der Waals surface area contributed by atoms with E-state index in [1.807, 2.05) is 79.7 Å². The van der Waals surface area contributed by atoms with Gasteiger partial charge < -0.3 is 10.2 Å². The fourth-order valence-electron chi connectivity index (χ4n) is 4.58. The lowest BCUT2D eigenvalue weighted by Gasteiger charge is -2.39. The summed E-state index contributed by atoms with van der Waals surface area (Å²) in [5, 5.41) is 21.3. The summed E-state index contributed by atoms with van der Waals surface area (Å²) in [6, 6.07) is 7.77. The predicted octanol–water partition coefficient (Wildman–Crippen LogP) is 5.82. The van der Waals surface area contributed by atoms with E-state index < -0.39 is 28.2 Å². The highest BCUT2D eigenvalue weighted by atomic mass is 32.2. The van der Waals surface area contributed by atoms with Crippen LogP contribution in [0, 0.1) is 13.8 Å². The Hall–Kier alpha value is -2.27. The fraction of sp³-hybridized carbons (Fsp3) is 0.440. The molecule has 2 aromatic carbocycles. The Bertz CT molecular complexity index is 983. The molecule has 0 radical (unpaired) electrons. The topological polar surface area (TPSA) is 74.6 Å². The van der Waals surface area contributed by atoms with Crippen molar-refractivity contribution in [2.75, 3.05) is 0 Å². The van der Waals surface area contributed by atoms with Gasteiger partial charge in [0.15, 0.2) is 0 Å². The second kappa shape index (κ2) is 6.88. The third-order valence-electron chi connectivity index (χ3n) is 5.86. The van der Waals surface area contributed by atoms with Gasteiger partial charge in [-0.1, -0.05) is 53.3 Å². The minimum Gasteiger partial charge on any atom is -0.480 e. The summed E-state index contributed by atoms with van der Waals surface area (Å²) >= 11 is 1.63. The van der Waals surface area contributed by atoms with E-state index >= 15 is 0 Å². The van der Waals surface area contributed by atoms with E-state index in [4.69, 9.17) is 0 Å². The molecule has 0 fully saturated rings. The number of hydrogen-bond donors (Lipinski definition) is 2. The van der Waals surface area contributed by atoms with Gasteiger partial charge in [-0.05, 0) is 82.3 Å². The minimum atomic E-state index is -2.20. The lowest BCUT2D eigenvalue weighted by molar-refractivity contribution is -0.155. The molecule has 0 aromatic heterocycles. The van der Waals surface area contributed by atoms with Crippen molar-refractivity contribution in [2.45, 2.75) is 81.4 Å². The minimum absolute atomic E-state index is 0.377. The van der Waals surface area contributed by atoms with Gasteiger partial charge in [0.25, 0.3) is 0 Å². The molecule has 5 heteroatoms.